The maximum absolute atomic E-state index is 13.6. The van der Waals surface area contributed by atoms with Gasteiger partial charge in [0.15, 0.2) is 25.1 Å². The predicted molar refractivity (Wildman–Crippen MR) is 265 cm³/mol. The molecule has 1 atom stereocenters. The van der Waals surface area contributed by atoms with Crippen LogP contribution in [0.1, 0.15) is 100 Å². The number of nitrogens with one attached hydrogen (secondary N) is 1. The smallest absolute Gasteiger partial charge is 0.410 e. The van der Waals surface area contributed by atoms with Crippen LogP contribution in [0, 0.1) is 0 Å². The van der Waals surface area contributed by atoms with Crippen molar-refractivity contribution in [2.75, 3.05) is 25.0 Å². The summed E-state index contributed by atoms with van der Waals surface area (Å²) in [6.07, 6.45) is 35.3. The Morgan fingerprint density at radius 2 is 1.45 bits per heavy atom. The van der Waals surface area contributed by atoms with E-state index < -0.39 is 11.7 Å². The molecule has 66 heavy (non-hydrogen) atoms. The zero-order valence-electron chi connectivity index (χ0n) is 38.4. The van der Waals surface area contributed by atoms with E-state index in [9.17, 15) is 24.3 Å². The molecule has 1 unspecified atom stereocenters. The van der Waals surface area contributed by atoms with Gasteiger partial charge in [0.25, 0.3) is 5.56 Å². The first-order valence-corrected chi connectivity index (χ1v) is 23.6. The molecule has 0 fully saturated rings. The van der Waals surface area contributed by atoms with Crippen LogP contribution < -0.4 is 15.6 Å². The maximum Gasteiger partial charge on any atom is 0.415 e. The molecule has 0 radical (unpaired) electrons. The molecule has 342 valence electrons. The van der Waals surface area contributed by atoms with Crippen LogP contribution in [0.15, 0.2) is 138 Å². The fourth-order valence-electron chi connectivity index (χ4n) is 8.72. The normalized spacial score (nSPS) is 17.2. The first kappa shape index (κ1) is 47.3. The summed E-state index contributed by atoms with van der Waals surface area (Å²) in [6.45, 7) is 6.57. The van der Waals surface area contributed by atoms with Crippen LogP contribution >= 0.6 is 0 Å². The van der Waals surface area contributed by atoms with Gasteiger partial charge in [-0.15, -0.1) is 0 Å². The summed E-state index contributed by atoms with van der Waals surface area (Å²) in [6, 6.07) is 19.3. The number of benzene rings is 3. The van der Waals surface area contributed by atoms with E-state index in [-0.39, 0.29) is 30.1 Å². The van der Waals surface area contributed by atoms with Gasteiger partial charge in [-0.05, 0) is 117 Å². The molecular weight excluding hydrogens is 825 g/mol. The zero-order chi connectivity index (χ0) is 46.3. The van der Waals surface area contributed by atoms with Gasteiger partial charge in [-0.25, -0.2) is 9.37 Å². The van der Waals surface area contributed by atoms with E-state index >= 15 is 0 Å². The number of aliphatic hydroxyl groups is 1. The number of anilines is 1. The minimum Gasteiger partial charge on any atom is -0.410 e. The molecule has 3 aromatic carbocycles. The molecule has 0 spiro atoms. The monoisotopic (exact) mass is 887 g/mol. The summed E-state index contributed by atoms with van der Waals surface area (Å²) in [7, 11) is 0. The zero-order valence-corrected chi connectivity index (χ0v) is 38.4. The van der Waals surface area contributed by atoms with Crippen LogP contribution in [0.25, 0.3) is 22.0 Å². The van der Waals surface area contributed by atoms with Crippen LogP contribution in [-0.4, -0.2) is 62.8 Å². The van der Waals surface area contributed by atoms with Gasteiger partial charge in [0.05, 0.1) is 18.8 Å². The van der Waals surface area contributed by atoms with E-state index in [0.29, 0.717) is 74.6 Å². The van der Waals surface area contributed by atoms with Crippen molar-refractivity contribution in [3.8, 4) is 17.0 Å². The molecule has 10 heteroatoms. The van der Waals surface area contributed by atoms with E-state index in [1.165, 1.54) is 0 Å². The fraction of sp³-hybridized carbons (Fsp3) is 0.339. The van der Waals surface area contributed by atoms with Gasteiger partial charge in [0.1, 0.15) is 17.9 Å². The molecule has 7 rings (SSSR count). The van der Waals surface area contributed by atoms with E-state index in [0.717, 1.165) is 71.7 Å². The number of hydrogen-bond acceptors (Lipinski definition) is 6. The summed E-state index contributed by atoms with van der Waals surface area (Å²) in [5.74, 6) is 0.181. The molecule has 1 aliphatic carbocycles. The first-order valence-electron chi connectivity index (χ1n) is 23.6. The molecule has 0 bridgehead atoms. The summed E-state index contributed by atoms with van der Waals surface area (Å²) in [5.41, 5.74) is 3.58. The van der Waals surface area contributed by atoms with Gasteiger partial charge < -0.3 is 19.7 Å². The average molecular weight is 888 g/mol. The molecule has 0 saturated carbocycles. The molecule has 3 heterocycles. The quantitative estimate of drug-likeness (QED) is 0.0629. The number of carbonyl (C=O) groups is 3. The highest BCUT2D eigenvalue weighted by Gasteiger charge is 2.43. The highest BCUT2D eigenvalue weighted by molar-refractivity contribution is 5.93. The Kier molecular flexibility index (Phi) is 16.5. The lowest BCUT2D eigenvalue weighted by atomic mass is 9.76. The number of allylic oxidation sites excluding steroid dienone is 12. The molecule has 2 N–H and O–H groups in total. The number of Topliss-reactive ketones (excluding diaryl/α,β-unsaturated/α-hetero) is 1. The first-order chi connectivity index (χ1) is 32.2. The standard InChI is InChI=1S/C56H62N4O6/c1-3-5-6-7-8-9-10-11-12-13-14-15-16-17-18-19-20-21-22-23-53(62)57-46-27-24-42(25-28-46)40-58-32-34-59(35-33-58)55(64)66-47-29-26-43-38-49-45(36-44(43)37-47)41-60-51(49)39-50-48(54(60)63)30-31-52(61)56(50,65)4-2/h5-6,8-9,11-12,14-15,17-18,20-21,24-29,32,36-39,65H,3-4,7,10,13,16,19,22-23,30-31,33-35,40-41H2,1-2H3/p+1. The van der Waals surface area contributed by atoms with Crippen LogP contribution in [-0.2, 0) is 34.7 Å². The van der Waals surface area contributed by atoms with Crippen molar-refractivity contribution in [1.29, 1.82) is 0 Å². The summed E-state index contributed by atoms with van der Waals surface area (Å²) in [5, 5.41) is 16.1. The Morgan fingerprint density at radius 1 is 0.788 bits per heavy atom. The molecule has 2 aliphatic heterocycles. The number of ether oxygens (including phenoxy) is 1. The van der Waals surface area contributed by atoms with E-state index in [4.69, 9.17) is 4.74 Å². The SMILES string of the molecule is CCC=CCC=CCC=CCC=CCC=CCC=CCCC(=O)Nc1ccc(C[N+]2=CCN(C(=O)Oc3ccc4cc5c(cc4c3)Cn3c-5cc4c(c3=O)CCC(=O)C4(O)CC)CC2)cc1. The second-order valence-electron chi connectivity index (χ2n) is 17.1. The number of amides is 2. The third-order valence-electron chi connectivity index (χ3n) is 12.5. The number of rotatable bonds is 19. The lowest BCUT2D eigenvalue weighted by Gasteiger charge is -2.32. The van der Waals surface area contributed by atoms with Crippen molar-refractivity contribution >= 4 is 40.5 Å². The fourth-order valence-corrected chi connectivity index (χ4v) is 8.72. The van der Waals surface area contributed by atoms with Crippen molar-refractivity contribution < 1.29 is 28.8 Å². The van der Waals surface area contributed by atoms with Crippen molar-refractivity contribution in [2.24, 2.45) is 0 Å². The number of hydrogen-bond donors (Lipinski definition) is 2. The molecular formula is C56H63N4O6+. The Bertz CT molecular complexity index is 2680. The Hall–Kier alpha value is -6.65. The average Bonchev–Trinajstić information content (AvgIpc) is 3.68. The van der Waals surface area contributed by atoms with Crippen molar-refractivity contribution in [3.63, 3.8) is 0 Å². The van der Waals surface area contributed by atoms with Crippen molar-refractivity contribution in [3.05, 3.63) is 166 Å². The van der Waals surface area contributed by atoms with E-state index in [1.54, 1.807) is 22.5 Å². The van der Waals surface area contributed by atoms with Crippen LogP contribution in [0.4, 0.5) is 10.5 Å². The second-order valence-corrected chi connectivity index (χ2v) is 17.1. The predicted octanol–water partition coefficient (Wildman–Crippen LogP) is 10.7. The number of aromatic nitrogens is 1. The Balaban J connectivity index is 0.805. The van der Waals surface area contributed by atoms with Gasteiger partial charge >= 0.3 is 6.09 Å². The minimum atomic E-state index is -1.64. The van der Waals surface area contributed by atoms with E-state index in [2.05, 4.69) is 89.7 Å². The van der Waals surface area contributed by atoms with Gasteiger partial charge in [0, 0.05) is 40.8 Å². The molecule has 3 aliphatic rings. The number of pyridine rings is 1. The number of nitrogens with zero attached hydrogens (tertiary/aromatic N) is 3. The van der Waals surface area contributed by atoms with Gasteiger partial charge in [-0.1, -0.05) is 105 Å². The van der Waals surface area contributed by atoms with Crippen molar-refractivity contribution in [2.45, 2.75) is 103 Å². The van der Waals surface area contributed by atoms with E-state index in [1.807, 2.05) is 60.8 Å². The number of carbonyl (C=O) groups excluding carboxylic acids is 3. The second kappa shape index (κ2) is 23.0. The lowest BCUT2D eigenvalue weighted by Crippen LogP contribution is -2.44. The van der Waals surface area contributed by atoms with Crippen LogP contribution in [0.3, 0.4) is 0 Å². The highest BCUT2D eigenvalue weighted by atomic mass is 16.6. The summed E-state index contributed by atoms with van der Waals surface area (Å²) >= 11 is 0. The number of fused-ring (bicyclic) bond motifs is 5. The molecule has 1 aromatic heterocycles. The van der Waals surface area contributed by atoms with Crippen molar-refractivity contribution in [1.82, 2.24) is 9.47 Å². The topological polar surface area (TPSA) is 121 Å². The van der Waals surface area contributed by atoms with Gasteiger partial charge in [-0.2, -0.15) is 0 Å². The molecule has 0 saturated heterocycles. The summed E-state index contributed by atoms with van der Waals surface area (Å²) in [4.78, 5) is 53.8. The number of ketones is 1. The third kappa shape index (κ3) is 12.0. The molecule has 2 amide bonds. The highest BCUT2D eigenvalue weighted by Crippen LogP contribution is 2.40. The van der Waals surface area contributed by atoms with Gasteiger partial charge in [-0.3, -0.25) is 19.3 Å². The Morgan fingerprint density at radius 3 is 2.09 bits per heavy atom. The minimum absolute atomic E-state index is 0.0137. The Labute approximate surface area is 388 Å². The lowest BCUT2D eigenvalue weighted by molar-refractivity contribution is -0.544. The summed E-state index contributed by atoms with van der Waals surface area (Å²) < 4.78 is 9.76. The van der Waals surface area contributed by atoms with Crippen LogP contribution in [0.5, 0.6) is 5.75 Å². The molecule has 10 nitrogen and oxygen atoms in total. The maximum atomic E-state index is 13.6. The molecule has 4 aromatic rings. The third-order valence-corrected chi connectivity index (χ3v) is 12.5. The van der Waals surface area contributed by atoms with Gasteiger partial charge in [0.2, 0.25) is 5.91 Å². The van der Waals surface area contributed by atoms with Crippen LogP contribution in [0.2, 0.25) is 0 Å². The largest absolute Gasteiger partial charge is 0.415 e.